The van der Waals surface area contributed by atoms with Crippen LogP contribution in [0.4, 0.5) is 11.5 Å². The molecule has 0 atom stereocenters. The van der Waals surface area contributed by atoms with Gasteiger partial charge in [0.15, 0.2) is 0 Å². The van der Waals surface area contributed by atoms with E-state index in [4.69, 9.17) is 23.2 Å². The van der Waals surface area contributed by atoms with Gasteiger partial charge in [0, 0.05) is 50.7 Å². The van der Waals surface area contributed by atoms with E-state index in [1.165, 1.54) is 17.7 Å². The highest BCUT2D eigenvalue weighted by atomic mass is 35.5. The molecule has 7 nitrogen and oxygen atoms in total. The molecule has 0 saturated heterocycles. The summed E-state index contributed by atoms with van der Waals surface area (Å²) in [6.07, 6.45) is 1.61. The van der Waals surface area contributed by atoms with Gasteiger partial charge < -0.3 is 4.90 Å². The fourth-order valence-corrected chi connectivity index (χ4v) is 2.77. The quantitative estimate of drug-likeness (QED) is 0.418. The smallest absolute Gasteiger partial charge is 0.332 e. The number of anilines is 2. The second kappa shape index (κ2) is 9.45. The molecule has 2 rings (SSSR count). The van der Waals surface area contributed by atoms with E-state index < -0.39 is 11.2 Å². The Morgan fingerprint density at radius 3 is 2.27 bits per heavy atom. The van der Waals surface area contributed by atoms with Crippen LogP contribution in [0.15, 0.2) is 45.0 Å². The summed E-state index contributed by atoms with van der Waals surface area (Å²) < 4.78 is 2.35. The van der Waals surface area contributed by atoms with Gasteiger partial charge in [-0.05, 0) is 17.7 Å². The zero-order valence-electron chi connectivity index (χ0n) is 14.7. The Kier molecular flexibility index (Phi) is 7.29. The number of nitrogens with zero attached hydrogens (tertiary/aromatic N) is 4. The minimum absolute atomic E-state index is 0.321. The summed E-state index contributed by atoms with van der Waals surface area (Å²) in [5.41, 5.74) is 3.81. The number of nitrogens with one attached hydrogen (secondary N) is 1. The van der Waals surface area contributed by atoms with E-state index in [-0.39, 0.29) is 0 Å². The lowest BCUT2D eigenvalue weighted by Gasteiger charge is -2.22. The summed E-state index contributed by atoms with van der Waals surface area (Å²) in [6.45, 7) is 1.44. The van der Waals surface area contributed by atoms with Crippen molar-refractivity contribution in [2.45, 2.75) is 0 Å². The predicted molar refractivity (Wildman–Crippen MR) is 108 cm³/mol. The van der Waals surface area contributed by atoms with Crippen LogP contribution < -0.4 is 21.6 Å². The van der Waals surface area contributed by atoms with Gasteiger partial charge in [0.2, 0.25) is 0 Å². The number of aromatic nitrogens is 2. The van der Waals surface area contributed by atoms with Crippen molar-refractivity contribution in [3.05, 3.63) is 56.7 Å². The summed E-state index contributed by atoms with van der Waals surface area (Å²) in [6, 6.07) is 9.08. The maximum atomic E-state index is 11.9. The largest absolute Gasteiger partial charge is 0.369 e. The van der Waals surface area contributed by atoms with Crippen LogP contribution in [0.1, 0.15) is 5.56 Å². The molecule has 1 N–H and O–H groups in total. The molecule has 0 fully saturated rings. The highest BCUT2D eigenvalue weighted by Crippen LogP contribution is 2.15. The molecule has 0 saturated carbocycles. The van der Waals surface area contributed by atoms with Crippen molar-refractivity contribution in [1.29, 1.82) is 0 Å². The average molecular weight is 398 g/mol. The van der Waals surface area contributed by atoms with Gasteiger partial charge in [-0.3, -0.25) is 19.4 Å². The molecular weight excluding hydrogens is 377 g/mol. The maximum Gasteiger partial charge on any atom is 0.332 e. The summed E-state index contributed by atoms with van der Waals surface area (Å²) in [7, 11) is 2.99. The molecule has 2 aromatic rings. The van der Waals surface area contributed by atoms with Gasteiger partial charge in [0.05, 0.1) is 6.21 Å². The van der Waals surface area contributed by atoms with Gasteiger partial charge in [0.25, 0.3) is 5.56 Å². The maximum absolute atomic E-state index is 11.9. The lowest BCUT2D eigenvalue weighted by atomic mass is 10.2. The van der Waals surface area contributed by atoms with Crippen molar-refractivity contribution in [2.75, 3.05) is 35.2 Å². The number of halogens is 2. The molecule has 9 heteroatoms. The number of alkyl halides is 2. The number of hydrogen-bond acceptors (Lipinski definition) is 5. The fourth-order valence-electron chi connectivity index (χ4n) is 2.36. The van der Waals surface area contributed by atoms with E-state index >= 15 is 0 Å². The van der Waals surface area contributed by atoms with E-state index in [1.807, 2.05) is 24.3 Å². The lowest BCUT2D eigenvalue weighted by Crippen LogP contribution is -2.37. The summed E-state index contributed by atoms with van der Waals surface area (Å²) in [5, 5.41) is 4.09. The molecule has 1 aromatic heterocycles. The fraction of sp³-hybridized carbons (Fsp3) is 0.353. The Balaban J connectivity index is 2.10. The first-order valence-electron chi connectivity index (χ1n) is 8.01. The van der Waals surface area contributed by atoms with E-state index in [2.05, 4.69) is 15.4 Å². The van der Waals surface area contributed by atoms with Crippen LogP contribution in [0.3, 0.4) is 0 Å². The zero-order chi connectivity index (χ0) is 19.1. The number of benzene rings is 1. The Labute approximate surface area is 161 Å². The Hall–Kier alpha value is -2.25. The molecule has 1 heterocycles. The highest BCUT2D eigenvalue weighted by molar-refractivity contribution is 6.18. The lowest BCUT2D eigenvalue weighted by molar-refractivity contribution is 0.690. The molecule has 1 aromatic carbocycles. The summed E-state index contributed by atoms with van der Waals surface area (Å²) >= 11 is 11.6. The Morgan fingerprint density at radius 2 is 1.69 bits per heavy atom. The molecule has 140 valence electrons. The zero-order valence-corrected chi connectivity index (χ0v) is 16.2. The van der Waals surface area contributed by atoms with Gasteiger partial charge in [-0.15, -0.1) is 23.2 Å². The topological polar surface area (TPSA) is 71.6 Å². The van der Waals surface area contributed by atoms with Crippen molar-refractivity contribution in [1.82, 2.24) is 9.13 Å². The second-order valence-electron chi connectivity index (χ2n) is 5.59. The first kappa shape index (κ1) is 20.1. The van der Waals surface area contributed by atoms with Crippen LogP contribution in [0.5, 0.6) is 0 Å². The summed E-state index contributed by atoms with van der Waals surface area (Å²) in [4.78, 5) is 25.7. The Bertz CT molecular complexity index is 868. The third-order valence-electron chi connectivity index (χ3n) is 3.89. The van der Waals surface area contributed by atoms with E-state index in [1.54, 1.807) is 13.3 Å². The van der Waals surface area contributed by atoms with E-state index in [0.29, 0.717) is 17.6 Å². The molecule has 0 radical (unpaired) electrons. The van der Waals surface area contributed by atoms with Crippen LogP contribution in [0.2, 0.25) is 0 Å². The molecule has 26 heavy (non-hydrogen) atoms. The van der Waals surface area contributed by atoms with Crippen LogP contribution in [0, 0.1) is 0 Å². The minimum atomic E-state index is -0.418. The number of hydrazone groups is 1. The third kappa shape index (κ3) is 4.89. The van der Waals surface area contributed by atoms with E-state index in [9.17, 15) is 9.59 Å². The molecular formula is C17H21Cl2N5O2. The van der Waals surface area contributed by atoms with Crippen molar-refractivity contribution in [3.63, 3.8) is 0 Å². The monoisotopic (exact) mass is 397 g/mol. The minimum Gasteiger partial charge on any atom is -0.369 e. The van der Waals surface area contributed by atoms with Gasteiger partial charge in [0.1, 0.15) is 5.82 Å². The van der Waals surface area contributed by atoms with Crippen molar-refractivity contribution in [3.8, 4) is 0 Å². The molecule has 0 amide bonds. The molecule has 0 bridgehead atoms. The molecule has 0 spiro atoms. The highest BCUT2D eigenvalue weighted by Gasteiger charge is 2.06. The third-order valence-corrected chi connectivity index (χ3v) is 4.22. The molecule has 0 aliphatic heterocycles. The standard InChI is InChI=1S/C17H21Cl2N5O2/c1-22-15(11-16(25)23(2)17(22)26)21-20-12-13-3-5-14(6-4-13)24(9-7-18)10-8-19/h3-6,11-12,21H,7-10H2,1-2H3. The first-order valence-corrected chi connectivity index (χ1v) is 9.08. The number of rotatable bonds is 8. The Morgan fingerprint density at radius 1 is 1.08 bits per heavy atom. The predicted octanol–water partition coefficient (Wildman–Crippen LogP) is 1.81. The van der Waals surface area contributed by atoms with Gasteiger partial charge in [-0.1, -0.05) is 12.1 Å². The SMILES string of the molecule is Cn1c(NN=Cc2ccc(N(CCCl)CCCl)cc2)cc(=O)n(C)c1=O. The molecule has 0 unspecified atom stereocenters. The van der Waals surface area contributed by atoms with Crippen molar-refractivity contribution in [2.24, 2.45) is 19.2 Å². The van der Waals surface area contributed by atoms with Crippen LogP contribution in [0.25, 0.3) is 0 Å². The van der Waals surface area contributed by atoms with Gasteiger partial charge in [-0.25, -0.2) is 4.79 Å². The second-order valence-corrected chi connectivity index (χ2v) is 6.35. The summed E-state index contributed by atoms with van der Waals surface area (Å²) in [5.74, 6) is 1.37. The number of hydrogen-bond donors (Lipinski definition) is 1. The van der Waals surface area contributed by atoms with Crippen LogP contribution in [-0.2, 0) is 14.1 Å². The van der Waals surface area contributed by atoms with E-state index in [0.717, 1.165) is 28.9 Å². The average Bonchev–Trinajstić information content (AvgIpc) is 2.64. The van der Waals surface area contributed by atoms with Crippen LogP contribution >= 0.6 is 23.2 Å². The van der Waals surface area contributed by atoms with Crippen molar-refractivity contribution >= 4 is 40.9 Å². The normalized spacial score (nSPS) is 11.1. The van der Waals surface area contributed by atoms with Gasteiger partial charge in [-0.2, -0.15) is 5.10 Å². The van der Waals surface area contributed by atoms with Crippen LogP contribution in [-0.4, -0.2) is 40.2 Å². The van der Waals surface area contributed by atoms with Gasteiger partial charge >= 0.3 is 5.69 Å². The van der Waals surface area contributed by atoms with Crippen molar-refractivity contribution < 1.29 is 0 Å². The molecule has 0 aliphatic rings. The first-order chi connectivity index (χ1) is 12.5. The molecule has 0 aliphatic carbocycles.